The molecule has 0 amide bonds. The van der Waals surface area contributed by atoms with Crippen LogP contribution in [0.4, 0.5) is 26.2 Å². The van der Waals surface area contributed by atoms with E-state index in [1.807, 2.05) is 54.6 Å². The highest BCUT2D eigenvalue weighted by atomic mass is 19.1. The predicted molar refractivity (Wildman–Crippen MR) is 109 cm³/mol. The zero-order valence-corrected chi connectivity index (χ0v) is 15.3. The number of pyridine rings is 1. The van der Waals surface area contributed by atoms with Gasteiger partial charge >= 0.3 is 0 Å². The van der Waals surface area contributed by atoms with Gasteiger partial charge in [0.2, 0.25) is 5.95 Å². The van der Waals surface area contributed by atoms with Gasteiger partial charge in [-0.3, -0.25) is 4.98 Å². The maximum Gasteiger partial charge on any atom is 0.229 e. The zero-order chi connectivity index (χ0) is 20.1. The molecular weight excluding hydrogens is 372 g/mol. The van der Waals surface area contributed by atoms with E-state index in [1.54, 1.807) is 6.20 Å². The zero-order valence-electron chi connectivity index (χ0n) is 15.3. The Morgan fingerprint density at radius 1 is 0.828 bits per heavy atom. The Hall–Kier alpha value is -3.87. The molecule has 7 heteroatoms. The smallest absolute Gasteiger partial charge is 0.229 e. The molecule has 0 bridgehead atoms. The van der Waals surface area contributed by atoms with E-state index in [2.05, 4.69) is 25.6 Å². The van der Waals surface area contributed by atoms with Gasteiger partial charge in [-0.05, 0) is 24.3 Å². The average Bonchev–Trinajstić information content (AvgIpc) is 2.75. The van der Waals surface area contributed by atoms with Crippen molar-refractivity contribution in [1.82, 2.24) is 15.0 Å². The summed E-state index contributed by atoms with van der Waals surface area (Å²) in [7, 11) is 0. The summed E-state index contributed by atoms with van der Waals surface area (Å²) in [5.41, 5.74) is 2.49. The summed E-state index contributed by atoms with van der Waals surface area (Å²) in [4.78, 5) is 13.2. The number of nitrogens with zero attached hydrogens (tertiary/aromatic N) is 3. The van der Waals surface area contributed by atoms with Crippen molar-refractivity contribution < 1.29 is 8.78 Å². The lowest BCUT2D eigenvalue weighted by atomic mass is 10.1. The number of anilines is 3. The van der Waals surface area contributed by atoms with Gasteiger partial charge in [0.15, 0.2) is 0 Å². The first-order valence-electron chi connectivity index (χ1n) is 8.98. The molecule has 29 heavy (non-hydrogen) atoms. The van der Waals surface area contributed by atoms with Gasteiger partial charge in [0, 0.05) is 23.9 Å². The summed E-state index contributed by atoms with van der Waals surface area (Å²) in [6.45, 7) is 0.469. The Morgan fingerprint density at radius 3 is 2.41 bits per heavy atom. The lowest BCUT2D eigenvalue weighted by Crippen LogP contribution is -2.07. The van der Waals surface area contributed by atoms with Crippen LogP contribution in [0.1, 0.15) is 5.69 Å². The van der Waals surface area contributed by atoms with Gasteiger partial charge in [-0.2, -0.15) is 4.98 Å². The summed E-state index contributed by atoms with van der Waals surface area (Å²) >= 11 is 0. The van der Waals surface area contributed by atoms with Crippen LogP contribution in [-0.4, -0.2) is 15.0 Å². The van der Waals surface area contributed by atoms with Crippen molar-refractivity contribution in [2.24, 2.45) is 0 Å². The Bertz CT molecular complexity index is 1100. The highest BCUT2D eigenvalue weighted by molar-refractivity contribution is 5.66. The van der Waals surface area contributed by atoms with Gasteiger partial charge in [0.25, 0.3) is 0 Å². The molecule has 0 saturated carbocycles. The number of rotatable bonds is 6. The van der Waals surface area contributed by atoms with Crippen molar-refractivity contribution in [2.45, 2.75) is 6.54 Å². The Balaban J connectivity index is 1.66. The van der Waals surface area contributed by atoms with E-state index >= 15 is 0 Å². The van der Waals surface area contributed by atoms with Gasteiger partial charge in [-0.25, -0.2) is 13.8 Å². The van der Waals surface area contributed by atoms with Crippen molar-refractivity contribution >= 4 is 17.5 Å². The number of hydrogen-bond donors (Lipinski definition) is 2. The summed E-state index contributed by atoms with van der Waals surface area (Å²) in [6, 6.07) is 20.3. The van der Waals surface area contributed by atoms with Crippen LogP contribution >= 0.6 is 0 Å². The molecule has 2 aromatic carbocycles. The SMILES string of the molecule is Fc1ccc(Nc2nc(NCc3ccccn3)cc(-c3ccccc3)n2)c(F)c1. The number of aromatic nitrogens is 3. The molecule has 2 N–H and O–H groups in total. The molecule has 0 aliphatic rings. The van der Waals surface area contributed by atoms with E-state index in [-0.39, 0.29) is 11.6 Å². The van der Waals surface area contributed by atoms with Gasteiger partial charge in [0.1, 0.15) is 17.5 Å². The summed E-state index contributed by atoms with van der Waals surface area (Å²) in [5, 5.41) is 6.04. The van der Waals surface area contributed by atoms with Crippen molar-refractivity contribution in [3.63, 3.8) is 0 Å². The van der Waals surface area contributed by atoms with Crippen LogP contribution in [-0.2, 0) is 6.54 Å². The second-order valence-corrected chi connectivity index (χ2v) is 6.25. The summed E-state index contributed by atoms with van der Waals surface area (Å²) < 4.78 is 27.2. The standard InChI is InChI=1S/C22H17F2N5/c23-16-9-10-19(18(24)12-16)27-22-28-20(15-6-2-1-3-7-15)13-21(29-22)26-14-17-8-4-5-11-25-17/h1-13H,14H2,(H2,26,27,28,29). The molecule has 4 rings (SSSR count). The van der Waals surface area contributed by atoms with Crippen molar-refractivity contribution in [3.05, 3.63) is 96.3 Å². The van der Waals surface area contributed by atoms with E-state index in [4.69, 9.17) is 0 Å². The minimum atomic E-state index is -0.721. The minimum absolute atomic E-state index is 0.0901. The normalized spacial score (nSPS) is 10.6. The quantitative estimate of drug-likeness (QED) is 0.476. The van der Waals surface area contributed by atoms with E-state index in [0.717, 1.165) is 17.3 Å². The monoisotopic (exact) mass is 389 g/mol. The summed E-state index contributed by atoms with van der Waals surface area (Å²) in [6.07, 6.45) is 1.72. The molecule has 2 heterocycles. The Morgan fingerprint density at radius 2 is 1.66 bits per heavy atom. The average molecular weight is 389 g/mol. The predicted octanol–water partition coefficient (Wildman–Crippen LogP) is 5.17. The van der Waals surface area contributed by atoms with Gasteiger partial charge in [-0.1, -0.05) is 36.4 Å². The van der Waals surface area contributed by atoms with Crippen LogP contribution in [0.2, 0.25) is 0 Å². The minimum Gasteiger partial charge on any atom is -0.364 e. The molecule has 0 aliphatic carbocycles. The van der Waals surface area contributed by atoms with Crippen molar-refractivity contribution in [3.8, 4) is 11.3 Å². The molecule has 0 unspecified atom stereocenters. The fourth-order valence-corrected chi connectivity index (χ4v) is 2.75. The Labute approximate surface area is 166 Å². The number of nitrogens with one attached hydrogen (secondary N) is 2. The third-order valence-corrected chi connectivity index (χ3v) is 4.15. The fraction of sp³-hybridized carbons (Fsp3) is 0.0455. The number of hydrogen-bond acceptors (Lipinski definition) is 5. The third-order valence-electron chi connectivity index (χ3n) is 4.15. The van der Waals surface area contributed by atoms with Crippen LogP contribution in [0.3, 0.4) is 0 Å². The topological polar surface area (TPSA) is 62.7 Å². The first kappa shape index (κ1) is 18.5. The van der Waals surface area contributed by atoms with Gasteiger partial charge in [-0.15, -0.1) is 0 Å². The molecular formula is C22H17F2N5. The second kappa shape index (κ2) is 8.43. The van der Waals surface area contributed by atoms with E-state index in [1.165, 1.54) is 12.1 Å². The van der Waals surface area contributed by atoms with Crippen LogP contribution in [0.5, 0.6) is 0 Å². The number of benzene rings is 2. The maximum atomic E-state index is 14.0. The molecule has 0 aliphatic heterocycles. The van der Waals surface area contributed by atoms with Crippen LogP contribution in [0, 0.1) is 11.6 Å². The fourth-order valence-electron chi connectivity index (χ4n) is 2.75. The molecule has 0 fully saturated rings. The van der Waals surface area contributed by atoms with E-state index in [0.29, 0.717) is 18.1 Å². The molecule has 0 radical (unpaired) electrons. The maximum absolute atomic E-state index is 14.0. The van der Waals surface area contributed by atoms with E-state index in [9.17, 15) is 8.78 Å². The van der Waals surface area contributed by atoms with Crippen molar-refractivity contribution in [1.29, 1.82) is 0 Å². The highest BCUT2D eigenvalue weighted by Gasteiger charge is 2.10. The first-order chi connectivity index (χ1) is 14.2. The van der Waals surface area contributed by atoms with Crippen LogP contribution in [0.25, 0.3) is 11.3 Å². The van der Waals surface area contributed by atoms with Crippen LogP contribution in [0.15, 0.2) is 79.0 Å². The van der Waals surface area contributed by atoms with Gasteiger partial charge < -0.3 is 10.6 Å². The molecule has 0 atom stereocenters. The molecule has 0 saturated heterocycles. The molecule has 0 spiro atoms. The molecule has 144 valence electrons. The number of halogens is 2. The largest absolute Gasteiger partial charge is 0.364 e. The molecule has 2 aromatic heterocycles. The van der Waals surface area contributed by atoms with Crippen molar-refractivity contribution in [2.75, 3.05) is 10.6 Å². The lowest BCUT2D eigenvalue weighted by molar-refractivity contribution is 0.586. The molecule has 5 nitrogen and oxygen atoms in total. The lowest BCUT2D eigenvalue weighted by Gasteiger charge is -2.12. The Kier molecular flexibility index (Phi) is 5.38. The second-order valence-electron chi connectivity index (χ2n) is 6.25. The third kappa shape index (κ3) is 4.70. The van der Waals surface area contributed by atoms with Crippen LogP contribution < -0.4 is 10.6 Å². The van der Waals surface area contributed by atoms with Gasteiger partial charge in [0.05, 0.1) is 23.6 Å². The van der Waals surface area contributed by atoms with E-state index < -0.39 is 11.6 Å². The molecule has 4 aromatic rings. The highest BCUT2D eigenvalue weighted by Crippen LogP contribution is 2.24. The summed E-state index contributed by atoms with van der Waals surface area (Å²) in [5.74, 6) is -0.624. The first-order valence-corrected chi connectivity index (χ1v) is 8.98.